The molecule has 0 radical (unpaired) electrons. The molecule has 0 aliphatic carbocycles. The quantitative estimate of drug-likeness (QED) is 0.0558. The second-order valence-corrected chi connectivity index (χ2v) is 10.5. The molecule has 2 aromatic rings. The number of esters is 1. The normalized spacial score (nSPS) is 14.3. The number of hydrogen-bond acceptors (Lipinski definition) is 5. The molecule has 2 rings (SSSR count). The van der Waals surface area contributed by atoms with Gasteiger partial charge >= 0.3 is 53.6 Å². The van der Waals surface area contributed by atoms with Crippen LogP contribution in [-0.2, 0) is 4.74 Å². The molecule has 23 heteroatoms. The predicted molar refractivity (Wildman–Crippen MR) is 137 cm³/mol. The number of nitrogens with zero attached hydrogens (tertiary/aromatic N) is 2. The van der Waals surface area contributed by atoms with Crippen LogP contribution in [-0.4, -0.2) is 72.1 Å². The van der Waals surface area contributed by atoms with Gasteiger partial charge in [-0.2, -0.15) is 84.9 Å². The molecule has 0 saturated heterocycles. The van der Waals surface area contributed by atoms with E-state index in [-0.39, 0.29) is 5.69 Å². The molecule has 0 unspecified atom stereocenters. The summed E-state index contributed by atoms with van der Waals surface area (Å²) in [5.41, 5.74) is -0.128. The fourth-order valence-corrected chi connectivity index (χ4v) is 3.57. The van der Waals surface area contributed by atoms with Crippen molar-refractivity contribution in [2.45, 2.75) is 60.5 Å². The average Bonchev–Trinajstić information content (AvgIpc) is 2.99. The Balaban J connectivity index is 2.12. The van der Waals surface area contributed by atoms with Crippen molar-refractivity contribution in [2.24, 2.45) is 10.2 Å². The molecule has 0 aliphatic rings. The Hall–Kier alpha value is -3.40. The third kappa shape index (κ3) is 8.00. The molecule has 0 atom stereocenters. The van der Waals surface area contributed by atoms with Gasteiger partial charge in [-0.25, -0.2) is 4.79 Å². The van der Waals surface area contributed by atoms with Crippen LogP contribution in [0.15, 0.2) is 58.8 Å². The lowest BCUT2D eigenvalue weighted by molar-refractivity contribution is -0.461. The molecule has 0 heterocycles. The first kappa shape index (κ1) is 41.8. The molecule has 2 aromatic carbocycles. The van der Waals surface area contributed by atoms with E-state index in [9.17, 15) is 79.4 Å². The summed E-state index contributed by atoms with van der Waals surface area (Å²) in [5, 5.41) is 8.42. The van der Waals surface area contributed by atoms with Crippen LogP contribution in [0.4, 0.5) is 86.0 Å². The SMILES string of the molecule is O=C(OCCC(F)(F)C(F)(F)C(F)(F)C(F)(F)C(F)(F)C(F)(F)C(F)(F)C(F)(F)F)c1ccc(N=Nc2ccc(OCCCBr)cc2)cc1. The van der Waals surface area contributed by atoms with E-state index in [0.29, 0.717) is 18.0 Å². The van der Waals surface area contributed by atoms with Crippen molar-refractivity contribution >= 4 is 33.3 Å². The molecule has 5 nitrogen and oxygen atoms in total. The van der Waals surface area contributed by atoms with Crippen LogP contribution in [0.5, 0.6) is 5.75 Å². The number of carbonyl (C=O) groups is 1. The fourth-order valence-electron chi connectivity index (χ4n) is 3.34. The average molecular weight is 809 g/mol. The first-order valence-corrected chi connectivity index (χ1v) is 13.9. The van der Waals surface area contributed by atoms with E-state index < -0.39 is 72.2 Å². The van der Waals surface area contributed by atoms with E-state index in [1.807, 2.05) is 0 Å². The summed E-state index contributed by atoms with van der Waals surface area (Å²) >= 11 is 3.24. The minimum atomic E-state index is -8.72. The number of benzene rings is 2. The molecule has 0 fully saturated rings. The maximum Gasteiger partial charge on any atom is 0.460 e. The number of carbonyl (C=O) groups excluding carboxylic acids is 1. The Kier molecular flexibility index (Phi) is 12.3. The van der Waals surface area contributed by atoms with Crippen molar-refractivity contribution in [3.05, 3.63) is 54.1 Å². The number of azo groups is 1. The van der Waals surface area contributed by atoms with Crippen LogP contribution >= 0.6 is 15.9 Å². The van der Waals surface area contributed by atoms with Crippen LogP contribution < -0.4 is 4.74 Å². The molecule has 0 N–H and O–H groups in total. The molecule has 0 bridgehead atoms. The van der Waals surface area contributed by atoms with Crippen molar-refractivity contribution in [2.75, 3.05) is 18.5 Å². The van der Waals surface area contributed by atoms with Gasteiger partial charge < -0.3 is 9.47 Å². The third-order valence-corrected chi connectivity index (χ3v) is 6.76. The number of alkyl halides is 18. The van der Waals surface area contributed by atoms with E-state index in [1.165, 1.54) is 12.1 Å². The first-order chi connectivity index (χ1) is 22.1. The molecule has 0 spiro atoms. The summed E-state index contributed by atoms with van der Waals surface area (Å²) in [4.78, 5) is 12.0. The van der Waals surface area contributed by atoms with Crippen LogP contribution in [0, 0.1) is 0 Å². The van der Waals surface area contributed by atoms with E-state index in [2.05, 4.69) is 30.9 Å². The molecule has 0 saturated carbocycles. The van der Waals surface area contributed by atoms with Gasteiger partial charge in [0.25, 0.3) is 0 Å². The van der Waals surface area contributed by atoms with Crippen LogP contribution in [0.25, 0.3) is 0 Å². The summed E-state index contributed by atoms with van der Waals surface area (Å²) in [6, 6.07) is 10.2. The summed E-state index contributed by atoms with van der Waals surface area (Å²) in [5.74, 6) is -58.3. The van der Waals surface area contributed by atoms with Crippen LogP contribution in [0.2, 0.25) is 0 Å². The second kappa shape index (κ2) is 14.4. The molecule has 49 heavy (non-hydrogen) atoms. The van der Waals surface area contributed by atoms with Gasteiger partial charge in [-0.05, 0) is 55.0 Å². The second-order valence-electron chi connectivity index (χ2n) is 9.67. The Morgan fingerprint density at radius 1 is 0.571 bits per heavy atom. The van der Waals surface area contributed by atoms with E-state index in [1.54, 1.807) is 12.1 Å². The lowest BCUT2D eigenvalue weighted by atomic mass is 9.88. The van der Waals surface area contributed by atoms with Crippen LogP contribution in [0.3, 0.4) is 0 Å². The monoisotopic (exact) mass is 808 g/mol. The Morgan fingerprint density at radius 2 is 0.980 bits per heavy atom. The van der Waals surface area contributed by atoms with Gasteiger partial charge in [0.05, 0.1) is 36.6 Å². The van der Waals surface area contributed by atoms with Gasteiger partial charge in [-0.15, -0.1) is 0 Å². The Morgan fingerprint density at radius 3 is 1.41 bits per heavy atom. The van der Waals surface area contributed by atoms with Gasteiger partial charge in [0, 0.05) is 5.33 Å². The van der Waals surface area contributed by atoms with Gasteiger partial charge in [0.1, 0.15) is 5.75 Å². The zero-order valence-electron chi connectivity index (χ0n) is 23.6. The standard InChI is InChI=1S/C26H18BrF17N2O3/c27-11-1-12-48-17-8-6-16(7-9-17)46-45-15-4-2-14(3-5-15)18(47)49-13-10-19(28,29)20(30,31)21(32,33)22(34,35)23(36,37)24(38,39)25(40,41)26(42,43)44/h2-9H,1,10-13H2. The summed E-state index contributed by atoms with van der Waals surface area (Å²) in [6.45, 7) is -1.61. The number of ether oxygens (including phenoxy) is 2. The van der Waals surface area contributed by atoms with E-state index >= 15 is 0 Å². The van der Waals surface area contributed by atoms with Crippen molar-refractivity contribution in [3.8, 4) is 5.75 Å². The lowest BCUT2D eigenvalue weighted by Gasteiger charge is -2.42. The van der Waals surface area contributed by atoms with Gasteiger partial charge in [-0.3, -0.25) is 0 Å². The summed E-state index contributed by atoms with van der Waals surface area (Å²) < 4.78 is 237. The smallest absolute Gasteiger partial charge is 0.460 e. The van der Waals surface area contributed by atoms with Crippen molar-refractivity contribution in [3.63, 3.8) is 0 Å². The van der Waals surface area contributed by atoms with Gasteiger partial charge in [-0.1, -0.05) is 15.9 Å². The minimum Gasteiger partial charge on any atom is -0.494 e. The van der Waals surface area contributed by atoms with Gasteiger partial charge in [0.15, 0.2) is 0 Å². The maximum absolute atomic E-state index is 14.0. The fraction of sp³-hybridized carbons (Fsp3) is 0.500. The van der Waals surface area contributed by atoms with Crippen molar-refractivity contribution < 1.29 is 88.9 Å². The number of rotatable bonds is 16. The highest BCUT2D eigenvalue weighted by atomic mass is 79.9. The summed E-state index contributed by atoms with van der Waals surface area (Å²) in [7, 11) is 0. The number of hydrogen-bond donors (Lipinski definition) is 0. The molecular formula is C26H18BrF17N2O3. The van der Waals surface area contributed by atoms with E-state index in [0.717, 1.165) is 36.0 Å². The largest absolute Gasteiger partial charge is 0.494 e. The lowest BCUT2D eigenvalue weighted by Crippen LogP contribution is -2.74. The zero-order chi connectivity index (χ0) is 37.9. The summed E-state index contributed by atoms with van der Waals surface area (Å²) in [6.07, 6.45) is -9.98. The Labute approximate surface area is 271 Å². The van der Waals surface area contributed by atoms with Crippen molar-refractivity contribution in [1.82, 2.24) is 0 Å². The van der Waals surface area contributed by atoms with Crippen molar-refractivity contribution in [1.29, 1.82) is 0 Å². The predicted octanol–water partition coefficient (Wildman–Crippen LogP) is 10.8. The highest BCUT2D eigenvalue weighted by Crippen LogP contribution is 2.64. The topological polar surface area (TPSA) is 60.2 Å². The minimum absolute atomic E-state index is 0.0684. The molecule has 0 aromatic heterocycles. The Bertz CT molecular complexity index is 1450. The van der Waals surface area contributed by atoms with Gasteiger partial charge in [0.2, 0.25) is 0 Å². The maximum atomic E-state index is 14.0. The molecule has 276 valence electrons. The number of halogens is 18. The molecular weight excluding hydrogens is 791 g/mol. The van der Waals surface area contributed by atoms with Crippen LogP contribution in [0.1, 0.15) is 23.2 Å². The third-order valence-electron chi connectivity index (χ3n) is 6.20. The first-order valence-electron chi connectivity index (χ1n) is 12.8. The van der Waals surface area contributed by atoms with E-state index in [4.69, 9.17) is 4.74 Å². The zero-order valence-corrected chi connectivity index (χ0v) is 25.2. The highest BCUT2D eigenvalue weighted by molar-refractivity contribution is 9.09. The molecule has 0 aliphatic heterocycles. The highest BCUT2D eigenvalue weighted by Gasteiger charge is 2.95. The molecule has 0 amide bonds.